The lowest BCUT2D eigenvalue weighted by atomic mass is 10.1. The van der Waals surface area contributed by atoms with Crippen molar-refractivity contribution in [2.75, 3.05) is 14.2 Å². The maximum Gasteiger partial charge on any atom is 0.309 e. The number of carbonyl (C=O) groups excluding carboxylic acids is 1. The van der Waals surface area contributed by atoms with Crippen molar-refractivity contribution in [1.82, 2.24) is 0 Å². The number of esters is 1. The second kappa shape index (κ2) is 3.93. The van der Waals surface area contributed by atoms with Crippen LogP contribution in [-0.2, 0) is 22.4 Å². The van der Waals surface area contributed by atoms with E-state index in [4.69, 9.17) is 9.47 Å². The van der Waals surface area contributed by atoms with Crippen molar-refractivity contribution in [3.63, 3.8) is 0 Å². The summed E-state index contributed by atoms with van der Waals surface area (Å²) < 4.78 is 9.90. The molecule has 0 amide bonds. The van der Waals surface area contributed by atoms with Gasteiger partial charge in [0.15, 0.2) is 0 Å². The molecule has 0 spiro atoms. The summed E-state index contributed by atoms with van der Waals surface area (Å²) in [5.41, 5.74) is 2.43. The van der Waals surface area contributed by atoms with Gasteiger partial charge < -0.3 is 9.47 Å². The van der Waals surface area contributed by atoms with E-state index in [9.17, 15) is 4.79 Å². The molecular formula is C12H14O3. The lowest BCUT2D eigenvalue weighted by Gasteiger charge is -2.04. The Labute approximate surface area is 89.0 Å². The highest BCUT2D eigenvalue weighted by Crippen LogP contribution is 2.30. The van der Waals surface area contributed by atoms with E-state index in [1.807, 2.05) is 18.2 Å². The molecule has 0 fully saturated rings. The fraction of sp³-hybridized carbons (Fsp3) is 0.417. The van der Waals surface area contributed by atoms with Crippen molar-refractivity contribution in [2.45, 2.75) is 12.8 Å². The van der Waals surface area contributed by atoms with Gasteiger partial charge in [-0.1, -0.05) is 6.07 Å². The highest BCUT2D eigenvalue weighted by Gasteiger charge is 2.28. The molecule has 3 heteroatoms. The van der Waals surface area contributed by atoms with Crippen LogP contribution in [0.1, 0.15) is 11.1 Å². The molecule has 2 rings (SSSR count). The van der Waals surface area contributed by atoms with Gasteiger partial charge in [0.2, 0.25) is 0 Å². The summed E-state index contributed by atoms with van der Waals surface area (Å²) in [6, 6.07) is 5.95. The van der Waals surface area contributed by atoms with E-state index in [-0.39, 0.29) is 11.9 Å². The number of hydrogen-bond acceptors (Lipinski definition) is 3. The SMILES string of the molecule is COC(=O)[C@@H]1Cc2ccc(OC)cc2C1. The number of rotatable bonds is 2. The van der Waals surface area contributed by atoms with Crippen LogP contribution in [0.25, 0.3) is 0 Å². The van der Waals surface area contributed by atoms with Gasteiger partial charge in [0, 0.05) is 0 Å². The monoisotopic (exact) mass is 206 g/mol. The highest BCUT2D eigenvalue weighted by atomic mass is 16.5. The van der Waals surface area contributed by atoms with Crippen LogP contribution < -0.4 is 4.74 Å². The minimum Gasteiger partial charge on any atom is -0.497 e. The minimum absolute atomic E-state index is 0.0166. The number of carbonyl (C=O) groups is 1. The molecule has 0 unspecified atom stereocenters. The van der Waals surface area contributed by atoms with E-state index in [0.717, 1.165) is 18.6 Å². The topological polar surface area (TPSA) is 35.5 Å². The fourth-order valence-electron chi connectivity index (χ4n) is 2.05. The highest BCUT2D eigenvalue weighted by molar-refractivity contribution is 5.74. The van der Waals surface area contributed by atoms with E-state index in [2.05, 4.69) is 0 Å². The third kappa shape index (κ3) is 1.82. The van der Waals surface area contributed by atoms with E-state index < -0.39 is 0 Å². The van der Waals surface area contributed by atoms with E-state index >= 15 is 0 Å². The lowest BCUT2D eigenvalue weighted by Crippen LogP contribution is -2.15. The third-order valence-corrected chi connectivity index (χ3v) is 2.88. The van der Waals surface area contributed by atoms with Gasteiger partial charge in [-0.05, 0) is 36.1 Å². The molecule has 3 nitrogen and oxygen atoms in total. The Morgan fingerprint density at radius 3 is 2.67 bits per heavy atom. The maximum absolute atomic E-state index is 11.4. The molecule has 0 bridgehead atoms. The van der Waals surface area contributed by atoms with Crippen molar-refractivity contribution in [3.8, 4) is 5.75 Å². The molecule has 0 saturated heterocycles. The quantitative estimate of drug-likeness (QED) is 0.689. The number of benzene rings is 1. The Bertz CT molecular complexity index is 384. The Morgan fingerprint density at radius 1 is 1.27 bits per heavy atom. The summed E-state index contributed by atoms with van der Waals surface area (Å²) in [5, 5.41) is 0. The van der Waals surface area contributed by atoms with Crippen LogP contribution in [0.4, 0.5) is 0 Å². The van der Waals surface area contributed by atoms with Gasteiger partial charge in [-0.15, -0.1) is 0 Å². The zero-order valence-corrected chi connectivity index (χ0v) is 8.95. The maximum atomic E-state index is 11.4. The second-order valence-corrected chi connectivity index (χ2v) is 3.76. The lowest BCUT2D eigenvalue weighted by molar-refractivity contribution is -0.145. The zero-order valence-electron chi connectivity index (χ0n) is 8.95. The molecule has 1 aliphatic carbocycles. The van der Waals surface area contributed by atoms with Gasteiger partial charge in [0.05, 0.1) is 20.1 Å². The molecule has 0 aromatic heterocycles. The summed E-state index contributed by atoms with van der Waals surface area (Å²) in [4.78, 5) is 11.4. The Balaban J connectivity index is 2.20. The first kappa shape index (κ1) is 10.0. The Hall–Kier alpha value is -1.51. The van der Waals surface area contributed by atoms with Crippen LogP contribution in [0, 0.1) is 5.92 Å². The van der Waals surface area contributed by atoms with E-state index in [0.29, 0.717) is 0 Å². The smallest absolute Gasteiger partial charge is 0.309 e. The van der Waals surface area contributed by atoms with E-state index in [1.165, 1.54) is 18.2 Å². The third-order valence-electron chi connectivity index (χ3n) is 2.88. The van der Waals surface area contributed by atoms with Crippen LogP contribution >= 0.6 is 0 Å². The average molecular weight is 206 g/mol. The van der Waals surface area contributed by atoms with Crippen molar-refractivity contribution in [1.29, 1.82) is 0 Å². The number of fused-ring (bicyclic) bond motifs is 1. The Morgan fingerprint density at radius 2 is 2.00 bits per heavy atom. The largest absolute Gasteiger partial charge is 0.497 e. The summed E-state index contributed by atoms with van der Waals surface area (Å²) in [6.07, 6.45) is 1.55. The molecule has 0 saturated carbocycles. The normalized spacial score (nSPS) is 18.4. The molecule has 80 valence electrons. The number of methoxy groups -OCH3 is 2. The standard InChI is InChI=1S/C12H14O3/c1-14-11-4-3-8-5-10(12(13)15-2)6-9(8)7-11/h3-4,7,10H,5-6H2,1-2H3/t10-/m1/s1. The predicted molar refractivity (Wildman–Crippen MR) is 55.9 cm³/mol. The van der Waals surface area contributed by atoms with Gasteiger partial charge >= 0.3 is 5.97 Å². The summed E-state index contributed by atoms with van der Waals surface area (Å²) in [5.74, 6) is 0.710. The zero-order chi connectivity index (χ0) is 10.8. The van der Waals surface area contributed by atoms with Gasteiger partial charge in [0.1, 0.15) is 5.75 Å². The van der Waals surface area contributed by atoms with Crippen molar-refractivity contribution in [2.24, 2.45) is 5.92 Å². The fourth-order valence-corrected chi connectivity index (χ4v) is 2.05. The number of ether oxygens (including phenoxy) is 2. The summed E-state index contributed by atoms with van der Waals surface area (Å²) in [7, 11) is 3.08. The molecule has 15 heavy (non-hydrogen) atoms. The van der Waals surface area contributed by atoms with Crippen LogP contribution in [0.5, 0.6) is 5.75 Å². The van der Waals surface area contributed by atoms with Crippen LogP contribution in [0.15, 0.2) is 18.2 Å². The van der Waals surface area contributed by atoms with Crippen molar-refractivity contribution < 1.29 is 14.3 Å². The first-order chi connectivity index (χ1) is 7.24. The molecule has 0 heterocycles. The molecular weight excluding hydrogens is 192 g/mol. The van der Waals surface area contributed by atoms with Gasteiger partial charge in [-0.2, -0.15) is 0 Å². The van der Waals surface area contributed by atoms with Crippen LogP contribution in [0.3, 0.4) is 0 Å². The molecule has 0 radical (unpaired) electrons. The first-order valence-electron chi connectivity index (χ1n) is 4.98. The molecule has 1 aliphatic rings. The molecule has 0 N–H and O–H groups in total. The summed E-state index contributed by atoms with van der Waals surface area (Å²) in [6.45, 7) is 0. The molecule has 1 aromatic carbocycles. The summed E-state index contributed by atoms with van der Waals surface area (Å²) >= 11 is 0. The minimum atomic E-state index is -0.120. The van der Waals surface area contributed by atoms with Gasteiger partial charge in [0.25, 0.3) is 0 Å². The number of hydrogen-bond donors (Lipinski definition) is 0. The molecule has 0 aliphatic heterocycles. The van der Waals surface area contributed by atoms with Gasteiger partial charge in [-0.3, -0.25) is 4.79 Å². The molecule has 1 aromatic rings. The first-order valence-corrected chi connectivity index (χ1v) is 4.98. The Kier molecular flexibility index (Phi) is 2.62. The predicted octanol–water partition coefficient (Wildman–Crippen LogP) is 1.58. The van der Waals surface area contributed by atoms with Gasteiger partial charge in [-0.25, -0.2) is 0 Å². The van der Waals surface area contributed by atoms with Crippen LogP contribution in [-0.4, -0.2) is 20.2 Å². The van der Waals surface area contributed by atoms with E-state index in [1.54, 1.807) is 7.11 Å². The van der Waals surface area contributed by atoms with Crippen molar-refractivity contribution in [3.05, 3.63) is 29.3 Å². The average Bonchev–Trinajstić information content (AvgIpc) is 2.70. The second-order valence-electron chi connectivity index (χ2n) is 3.76. The van der Waals surface area contributed by atoms with Crippen LogP contribution in [0.2, 0.25) is 0 Å². The van der Waals surface area contributed by atoms with Crippen molar-refractivity contribution >= 4 is 5.97 Å². The molecule has 1 atom stereocenters.